The van der Waals surface area contributed by atoms with Gasteiger partial charge >= 0.3 is 6.03 Å². The molecule has 0 aromatic carbocycles. The van der Waals surface area contributed by atoms with Gasteiger partial charge in [-0.3, -0.25) is 0 Å². The average molecular weight is 256 g/mol. The molecule has 18 heavy (non-hydrogen) atoms. The number of urea groups is 1. The average Bonchev–Trinajstić information content (AvgIpc) is 2.81. The maximum absolute atomic E-state index is 11.5. The molecule has 2 amide bonds. The van der Waals surface area contributed by atoms with Crippen molar-refractivity contribution in [1.82, 2.24) is 10.6 Å². The normalized spacial score (nSPS) is 22.1. The van der Waals surface area contributed by atoms with Crippen LogP contribution < -0.4 is 10.6 Å². The van der Waals surface area contributed by atoms with Crippen molar-refractivity contribution >= 4 is 6.03 Å². The Balaban J connectivity index is 1.99. The van der Waals surface area contributed by atoms with E-state index in [1.54, 1.807) is 7.11 Å². The van der Waals surface area contributed by atoms with E-state index in [1.807, 2.05) is 12.2 Å². The maximum Gasteiger partial charge on any atom is 0.315 e. The highest BCUT2D eigenvalue weighted by Crippen LogP contribution is 2.16. The monoisotopic (exact) mass is 256 g/mol. The second kappa shape index (κ2) is 8.94. The number of carbonyl (C=O) groups excluding carboxylic acids is 1. The minimum atomic E-state index is -0.130. The highest BCUT2D eigenvalue weighted by molar-refractivity contribution is 5.74. The van der Waals surface area contributed by atoms with Crippen molar-refractivity contribution in [2.24, 2.45) is 5.92 Å². The standard InChI is InChI=1S/C13H24N2O3/c1-18-8-4-2-3-7-14-13(17)15-12-6-5-11(9-12)10-16/h5-6,11-12,16H,2-4,7-10H2,1H3,(H2,14,15,17)/t11-,12+/m0/s1. The minimum Gasteiger partial charge on any atom is -0.396 e. The van der Waals surface area contributed by atoms with E-state index in [9.17, 15) is 4.79 Å². The third kappa shape index (κ3) is 6.02. The number of rotatable bonds is 8. The first kappa shape index (κ1) is 15.0. The van der Waals surface area contributed by atoms with E-state index >= 15 is 0 Å². The molecule has 0 aromatic rings. The predicted molar refractivity (Wildman–Crippen MR) is 70.4 cm³/mol. The molecule has 1 rings (SSSR count). The molecule has 0 saturated carbocycles. The first-order valence-corrected chi connectivity index (χ1v) is 6.58. The Morgan fingerprint density at radius 2 is 2.22 bits per heavy atom. The van der Waals surface area contributed by atoms with E-state index in [4.69, 9.17) is 9.84 Å². The van der Waals surface area contributed by atoms with Crippen molar-refractivity contribution in [2.75, 3.05) is 26.9 Å². The Morgan fingerprint density at radius 1 is 1.39 bits per heavy atom. The lowest BCUT2D eigenvalue weighted by Crippen LogP contribution is -2.41. The van der Waals surface area contributed by atoms with Gasteiger partial charge in [0, 0.05) is 38.8 Å². The van der Waals surface area contributed by atoms with E-state index in [1.165, 1.54) is 0 Å². The zero-order valence-electron chi connectivity index (χ0n) is 11.0. The van der Waals surface area contributed by atoms with Crippen LogP contribution in [0.1, 0.15) is 25.7 Å². The number of methoxy groups -OCH3 is 1. The van der Waals surface area contributed by atoms with Crippen LogP contribution in [0.4, 0.5) is 4.79 Å². The smallest absolute Gasteiger partial charge is 0.315 e. The Hall–Kier alpha value is -1.07. The summed E-state index contributed by atoms with van der Waals surface area (Å²) >= 11 is 0. The SMILES string of the molecule is COCCCCCNC(=O)N[C@@H]1C=C[C@H](CO)C1. The van der Waals surface area contributed by atoms with Crippen molar-refractivity contribution in [3.05, 3.63) is 12.2 Å². The number of carbonyl (C=O) groups is 1. The second-order valence-electron chi connectivity index (χ2n) is 4.62. The summed E-state index contributed by atoms with van der Waals surface area (Å²) in [6.45, 7) is 1.62. The molecule has 3 N–H and O–H groups in total. The zero-order valence-corrected chi connectivity index (χ0v) is 11.0. The molecule has 0 aliphatic heterocycles. The molecule has 0 radical (unpaired) electrons. The van der Waals surface area contributed by atoms with Crippen molar-refractivity contribution in [1.29, 1.82) is 0 Å². The van der Waals surface area contributed by atoms with E-state index < -0.39 is 0 Å². The summed E-state index contributed by atoms with van der Waals surface area (Å²) in [6.07, 6.45) is 7.75. The number of hydrogen-bond donors (Lipinski definition) is 3. The van der Waals surface area contributed by atoms with Gasteiger partial charge in [-0.05, 0) is 25.7 Å². The van der Waals surface area contributed by atoms with Crippen molar-refractivity contribution in [2.45, 2.75) is 31.7 Å². The highest BCUT2D eigenvalue weighted by Gasteiger charge is 2.19. The lowest BCUT2D eigenvalue weighted by molar-refractivity contribution is 0.192. The molecule has 5 heteroatoms. The van der Waals surface area contributed by atoms with Crippen molar-refractivity contribution in [3.63, 3.8) is 0 Å². The van der Waals surface area contributed by atoms with E-state index in [0.29, 0.717) is 6.54 Å². The Kier molecular flexibility index (Phi) is 7.44. The molecular formula is C13H24N2O3. The molecule has 2 atom stereocenters. The Labute approximate surface area is 109 Å². The fourth-order valence-electron chi connectivity index (χ4n) is 1.99. The lowest BCUT2D eigenvalue weighted by atomic mass is 10.1. The van der Waals surface area contributed by atoms with E-state index in [-0.39, 0.29) is 24.6 Å². The van der Waals surface area contributed by atoms with Gasteiger partial charge < -0.3 is 20.5 Å². The summed E-state index contributed by atoms with van der Waals surface area (Å²) in [4.78, 5) is 11.5. The summed E-state index contributed by atoms with van der Waals surface area (Å²) in [5, 5.41) is 14.7. The number of hydrogen-bond acceptors (Lipinski definition) is 3. The van der Waals surface area contributed by atoms with Crippen LogP contribution in [-0.2, 0) is 4.74 Å². The van der Waals surface area contributed by atoms with Crippen molar-refractivity contribution in [3.8, 4) is 0 Å². The van der Waals surface area contributed by atoms with Gasteiger partial charge in [0.15, 0.2) is 0 Å². The largest absolute Gasteiger partial charge is 0.396 e. The molecule has 5 nitrogen and oxygen atoms in total. The highest BCUT2D eigenvalue weighted by atomic mass is 16.5. The topological polar surface area (TPSA) is 70.6 Å². The number of ether oxygens (including phenoxy) is 1. The van der Waals surface area contributed by atoms with Crippen LogP contribution >= 0.6 is 0 Å². The van der Waals surface area contributed by atoms with Crippen LogP contribution in [0.15, 0.2) is 12.2 Å². The third-order valence-electron chi connectivity index (χ3n) is 3.03. The number of nitrogens with one attached hydrogen (secondary N) is 2. The van der Waals surface area contributed by atoms with Crippen LogP contribution in [0.25, 0.3) is 0 Å². The molecule has 0 saturated heterocycles. The van der Waals surface area contributed by atoms with Gasteiger partial charge in [0.25, 0.3) is 0 Å². The first-order chi connectivity index (χ1) is 8.76. The van der Waals surface area contributed by atoms with E-state index in [2.05, 4.69) is 10.6 Å². The summed E-state index contributed by atoms with van der Waals surface area (Å²) in [6, 6.07) is -0.0781. The second-order valence-corrected chi connectivity index (χ2v) is 4.62. The van der Waals surface area contributed by atoms with Crippen molar-refractivity contribution < 1.29 is 14.6 Å². The summed E-state index contributed by atoms with van der Waals surface area (Å²) < 4.78 is 4.95. The van der Waals surface area contributed by atoms with Crippen LogP contribution in [0.3, 0.4) is 0 Å². The molecule has 0 heterocycles. The van der Waals surface area contributed by atoms with Gasteiger partial charge in [0.1, 0.15) is 0 Å². The zero-order chi connectivity index (χ0) is 13.2. The van der Waals surface area contributed by atoms with Gasteiger partial charge in [-0.25, -0.2) is 4.79 Å². The fourth-order valence-corrected chi connectivity index (χ4v) is 1.99. The summed E-state index contributed by atoms with van der Waals surface area (Å²) in [5.41, 5.74) is 0. The third-order valence-corrected chi connectivity index (χ3v) is 3.03. The van der Waals surface area contributed by atoms with Gasteiger partial charge in [-0.1, -0.05) is 12.2 Å². The molecule has 0 fully saturated rings. The van der Waals surface area contributed by atoms with Gasteiger partial charge in [-0.2, -0.15) is 0 Å². The molecule has 104 valence electrons. The number of aliphatic hydroxyl groups is 1. The molecule has 1 aliphatic carbocycles. The first-order valence-electron chi connectivity index (χ1n) is 6.58. The summed E-state index contributed by atoms with van der Waals surface area (Å²) in [7, 11) is 1.69. The lowest BCUT2D eigenvalue weighted by Gasteiger charge is -2.13. The minimum absolute atomic E-state index is 0.0515. The van der Waals surface area contributed by atoms with Crippen LogP contribution in [0.5, 0.6) is 0 Å². The molecule has 0 bridgehead atoms. The van der Waals surface area contributed by atoms with E-state index in [0.717, 1.165) is 32.3 Å². The number of unbranched alkanes of at least 4 members (excludes halogenated alkanes) is 2. The molecular weight excluding hydrogens is 232 g/mol. The van der Waals surface area contributed by atoms with Gasteiger partial charge in [0.05, 0.1) is 0 Å². The molecule has 0 unspecified atom stereocenters. The molecule has 0 spiro atoms. The maximum atomic E-state index is 11.5. The Morgan fingerprint density at radius 3 is 2.89 bits per heavy atom. The van der Waals surface area contributed by atoms with Gasteiger partial charge in [0.2, 0.25) is 0 Å². The Bertz CT molecular complexity index is 269. The van der Waals surface area contributed by atoms with Crippen LogP contribution in [-0.4, -0.2) is 44.0 Å². The number of aliphatic hydroxyl groups excluding tert-OH is 1. The number of amides is 2. The van der Waals surface area contributed by atoms with Crippen LogP contribution in [0.2, 0.25) is 0 Å². The quantitative estimate of drug-likeness (QED) is 0.449. The van der Waals surface area contributed by atoms with Crippen LogP contribution in [0, 0.1) is 5.92 Å². The molecule has 1 aliphatic rings. The fraction of sp³-hybridized carbons (Fsp3) is 0.769. The molecule has 0 aromatic heterocycles. The predicted octanol–water partition coefficient (Wildman–Crippen LogP) is 1.04. The van der Waals surface area contributed by atoms with Gasteiger partial charge in [-0.15, -0.1) is 0 Å². The summed E-state index contributed by atoms with van der Waals surface area (Å²) in [5.74, 6) is 0.185.